The Morgan fingerprint density at radius 3 is 2.21 bits per heavy atom. The van der Waals surface area contributed by atoms with E-state index in [1.54, 1.807) is 0 Å². The van der Waals surface area contributed by atoms with Gasteiger partial charge in [0.2, 0.25) is 0 Å². The molecule has 0 saturated carbocycles. The molecule has 82 valence electrons. The van der Waals surface area contributed by atoms with E-state index in [1.165, 1.54) is 0 Å². The molecule has 0 aliphatic heterocycles. The van der Waals surface area contributed by atoms with Gasteiger partial charge in [0.25, 0.3) is 10.1 Å². The van der Waals surface area contributed by atoms with Gasteiger partial charge in [-0.2, -0.15) is 12.4 Å². The van der Waals surface area contributed by atoms with Gasteiger partial charge in [-0.1, -0.05) is 19.8 Å². The Labute approximate surface area is 107 Å². The summed E-state index contributed by atoms with van der Waals surface area (Å²) in [5, 5.41) is 0. The van der Waals surface area contributed by atoms with Crippen molar-refractivity contribution < 1.29 is 57.7 Å². The van der Waals surface area contributed by atoms with E-state index in [0.717, 1.165) is 6.42 Å². The largest absolute Gasteiger partial charge is 1.00 e. The molecule has 0 heterocycles. The van der Waals surface area contributed by atoms with Crippen molar-refractivity contribution in [1.29, 1.82) is 0 Å². The van der Waals surface area contributed by atoms with Crippen molar-refractivity contribution in [3.05, 3.63) is 0 Å². The van der Waals surface area contributed by atoms with Crippen LogP contribution in [0.1, 0.15) is 27.6 Å². The fraction of sp³-hybridized carbons (Fsp3) is 1.00. The van der Waals surface area contributed by atoms with E-state index in [1.807, 2.05) is 6.92 Å². The van der Waals surface area contributed by atoms with Crippen LogP contribution in [0.2, 0.25) is 0 Å². The molecule has 0 radical (unpaired) electrons. The summed E-state index contributed by atoms with van der Waals surface area (Å²) in [6.07, 6.45) is 1.86. The van der Waals surface area contributed by atoms with Crippen LogP contribution in [0, 0.1) is 0 Å². The van der Waals surface area contributed by atoms with Crippen LogP contribution in [0.4, 0.5) is 0 Å². The van der Waals surface area contributed by atoms with Gasteiger partial charge in [0.1, 0.15) is 0 Å². The maximum atomic E-state index is 10.8. The third kappa shape index (κ3) is 11.1. The predicted octanol–water partition coefficient (Wildman–Crippen LogP) is -2.27. The third-order valence-corrected chi connectivity index (χ3v) is 3.68. The van der Waals surface area contributed by atoms with Crippen molar-refractivity contribution in [2.45, 2.75) is 26.2 Å². The molecule has 0 aromatic heterocycles. The molecule has 0 aliphatic carbocycles. The second-order valence-corrected chi connectivity index (χ2v) is 5.64. The molecule has 0 fully saturated rings. The van der Waals surface area contributed by atoms with Crippen LogP contribution in [0.3, 0.4) is 0 Å². The predicted molar refractivity (Wildman–Crippen MR) is 47.6 cm³/mol. The summed E-state index contributed by atoms with van der Waals surface area (Å²) in [5.74, 6) is -0.355. The Morgan fingerprint density at radius 1 is 1.36 bits per heavy atom. The zero-order valence-electron chi connectivity index (χ0n) is 9.21. The molecule has 0 atom stereocenters. The molecular weight excluding hydrogens is 242 g/mol. The van der Waals surface area contributed by atoms with Crippen LogP contribution >= 0.6 is 7.82 Å². The molecule has 6 nitrogen and oxygen atoms in total. The maximum Gasteiger partial charge on any atom is 1.00 e. The fourth-order valence-electron chi connectivity index (χ4n) is 0.714. The van der Waals surface area contributed by atoms with Crippen LogP contribution in [0.5, 0.6) is 0 Å². The van der Waals surface area contributed by atoms with E-state index in [9.17, 15) is 13.0 Å². The van der Waals surface area contributed by atoms with Crippen molar-refractivity contribution in [1.82, 2.24) is 0 Å². The van der Waals surface area contributed by atoms with Gasteiger partial charge in [-0.05, 0) is 6.42 Å². The Hall–Kier alpha value is 1.06. The van der Waals surface area contributed by atoms with Gasteiger partial charge in [0.05, 0.1) is 5.75 Å². The van der Waals surface area contributed by atoms with E-state index in [2.05, 4.69) is 3.97 Å². The van der Waals surface area contributed by atoms with Crippen LogP contribution in [-0.4, -0.2) is 24.0 Å². The van der Waals surface area contributed by atoms with Crippen LogP contribution in [0.25, 0.3) is 0 Å². The first-order valence-electron chi connectivity index (χ1n) is 3.76. The number of hydrogen-bond acceptors (Lipinski definition) is 4. The van der Waals surface area contributed by atoms with Crippen LogP contribution in [-0.2, 0) is 18.7 Å². The molecule has 0 bridgehead atoms. The third-order valence-electron chi connectivity index (χ3n) is 1.21. The number of rotatable bonds is 6. The fourth-order valence-corrected chi connectivity index (χ4v) is 2.75. The van der Waals surface area contributed by atoms with Gasteiger partial charge in [-0.15, -0.1) is 0 Å². The molecule has 9 heteroatoms. The monoisotopic (exact) mass is 256 g/mol. The Balaban J connectivity index is -0.000000720. The van der Waals surface area contributed by atoms with Gasteiger partial charge >= 0.3 is 37.4 Å². The van der Waals surface area contributed by atoms with Crippen molar-refractivity contribution in [2.75, 3.05) is 5.75 Å². The zero-order valence-corrected chi connectivity index (χ0v) is 11.9. The average Bonchev–Trinajstić information content (AvgIpc) is 1.81. The molecule has 0 amide bonds. The van der Waals surface area contributed by atoms with E-state index in [-0.39, 0.29) is 36.7 Å². The summed E-state index contributed by atoms with van der Waals surface area (Å²) in [6, 6.07) is 0. The first kappa shape index (κ1) is 17.5. The summed E-state index contributed by atoms with van der Waals surface area (Å²) in [7, 11) is -9.00. The molecule has 0 aliphatic rings. The number of phosphoric acid groups is 1. The molecular formula is C5H14NaO6PS. The van der Waals surface area contributed by atoms with Crippen molar-refractivity contribution in [3.63, 3.8) is 0 Å². The smallest absolute Gasteiger partial charge is 1.00 e. The Morgan fingerprint density at radius 2 is 1.86 bits per heavy atom. The maximum absolute atomic E-state index is 10.8. The number of hydrogen-bond donors (Lipinski definition) is 2. The first-order valence-corrected chi connectivity index (χ1v) is 6.87. The second-order valence-electron chi connectivity index (χ2n) is 2.53. The zero-order chi connectivity index (χ0) is 10.5. The minimum atomic E-state index is -4.92. The standard InChI is InChI=1S/C5H13O6PS.Na.H/c1-2-3-4-5-13(9,10)11-12(6,7)8;;/h2-5H2,1H3,(H2,6,7,8);;/q;+1;-1. The normalized spacial score (nSPS) is 12.2. The molecule has 0 spiro atoms. The Bertz CT molecular complexity index is 288. The number of unbranched alkanes of at least 4 members (excludes halogenated alkanes) is 2. The Kier molecular flexibility index (Phi) is 9.17. The van der Waals surface area contributed by atoms with Gasteiger partial charge in [-0.25, -0.2) is 4.57 Å². The summed E-state index contributed by atoms with van der Waals surface area (Å²) in [6.45, 7) is 1.89. The second kappa shape index (κ2) is 7.35. The van der Waals surface area contributed by atoms with Gasteiger partial charge in [0.15, 0.2) is 0 Å². The van der Waals surface area contributed by atoms with Crippen molar-refractivity contribution in [2.24, 2.45) is 0 Å². The van der Waals surface area contributed by atoms with E-state index in [0.29, 0.717) is 12.8 Å². The van der Waals surface area contributed by atoms with Crippen LogP contribution in [0.15, 0.2) is 0 Å². The molecule has 0 aromatic carbocycles. The van der Waals surface area contributed by atoms with Crippen molar-refractivity contribution >= 4 is 17.9 Å². The summed E-state index contributed by atoms with van der Waals surface area (Å²) >= 11 is 0. The molecule has 0 saturated heterocycles. The molecule has 14 heavy (non-hydrogen) atoms. The molecule has 0 rings (SSSR count). The summed E-state index contributed by atoms with van der Waals surface area (Å²) < 4.78 is 35.4. The van der Waals surface area contributed by atoms with Gasteiger partial charge in [-0.3, -0.25) is 0 Å². The van der Waals surface area contributed by atoms with Crippen LogP contribution < -0.4 is 29.6 Å². The summed E-state index contributed by atoms with van der Waals surface area (Å²) in [4.78, 5) is 16.4. The van der Waals surface area contributed by atoms with E-state index in [4.69, 9.17) is 9.79 Å². The molecule has 2 N–H and O–H groups in total. The topological polar surface area (TPSA) is 101 Å². The molecule has 0 unspecified atom stereocenters. The van der Waals surface area contributed by atoms with Gasteiger partial charge < -0.3 is 11.2 Å². The van der Waals surface area contributed by atoms with E-state index >= 15 is 0 Å². The van der Waals surface area contributed by atoms with Crippen molar-refractivity contribution in [3.8, 4) is 0 Å². The SMILES string of the molecule is CCCCCS(=O)(=O)OP(=O)(O)O.[H-].[Na+]. The summed E-state index contributed by atoms with van der Waals surface area (Å²) in [5.41, 5.74) is 0. The van der Waals surface area contributed by atoms with Gasteiger partial charge in [0, 0.05) is 0 Å². The average molecular weight is 256 g/mol. The quantitative estimate of drug-likeness (QED) is 0.316. The van der Waals surface area contributed by atoms with E-state index < -0.39 is 17.9 Å². The first-order chi connectivity index (χ1) is 5.77. The minimum Gasteiger partial charge on any atom is -1.00 e. The molecule has 0 aromatic rings. The minimum absolute atomic E-state index is 0.